The van der Waals surface area contributed by atoms with Gasteiger partial charge in [0.25, 0.3) is 5.91 Å². The van der Waals surface area contributed by atoms with Crippen LogP contribution in [-0.4, -0.2) is 29.8 Å². The van der Waals surface area contributed by atoms with Crippen LogP contribution in [-0.2, 0) is 4.79 Å². The summed E-state index contributed by atoms with van der Waals surface area (Å²) in [6, 6.07) is 6.93. The highest BCUT2D eigenvalue weighted by Crippen LogP contribution is 2.20. The maximum Gasteiger partial charge on any atom is 0.255 e. The molecular weight excluding hydrogens is 218 g/mol. The summed E-state index contributed by atoms with van der Waals surface area (Å²) in [5.41, 5.74) is 11.9. The molecule has 0 aliphatic carbocycles. The summed E-state index contributed by atoms with van der Waals surface area (Å²) in [7, 11) is 0. The lowest BCUT2D eigenvalue weighted by atomic mass is 10.1. The standard InChI is InChI=1S/C12H15N3O2/c13-10-4-2-1-3-9(10)12(17)15-6-5-8(7-15)11(14)16/h1-4,8H,5-7,13H2,(H2,14,16). The number of nitrogens with zero attached hydrogens (tertiary/aromatic N) is 1. The number of likely N-dealkylation sites (tertiary alicyclic amines) is 1. The molecule has 1 unspecified atom stereocenters. The van der Waals surface area contributed by atoms with Gasteiger partial charge in [0.15, 0.2) is 0 Å². The quantitative estimate of drug-likeness (QED) is 0.716. The van der Waals surface area contributed by atoms with Gasteiger partial charge in [0, 0.05) is 18.8 Å². The summed E-state index contributed by atoms with van der Waals surface area (Å²) in [4.78, 5) is 24.8. The Balaban J connectivity index is 2.13. The van der Waals surface area contributed by atoms with Crippen LogP contribution in [0.2, 0.25) is 0 Å². The Kier molecular flexibility index (Phi) is 2.99. The number of rotatable bonds is 2. The predicted octanol–water partition coefficient (Wildman–Crippen LogP) is 0.216. The molecule has 1 aromatic carbocycles. The molecule has 1 aliphatic heterocycles. The summed E-state index contributed by atoms with van der Waals surface area (Å²) in [5.74, 6) is -0.711. The third-order valence-electron chi connectivity index (χ3n) is 3.07. The van der Waals surface area contributed by atoms with Gasteiger partial charge in [-0.15, -0.1) is 0 Å². The van der Waals surface area contributed by atoms with Gasteiger partial charge in [-0.3, -0.25) is 9.59 Å². The molecule has 1 aliphatic rings. The molecule has 1 heterocycles. The molecule has 90 valence electrons. The van der Waals surface area contributed by atoms with Gasteiger partial charge in [-0.05, 0) is 18.6 Å². The molecule has 1 atom stereocenters. The van der Waals surface area contributed by atoms with Crippen molar-refractivity contribution in [3.05, 3.63) is 29.8 Å². The number of benzene rings is 1. The van der Waals surface area contributed by atoms with Gasteiger partial charge < -0.3 is 16.4 Å². The summed E-state index contributed by atoms with van der Waals surface area (Å²) in [6.45, 7) is 0.948. The Morgan fingerprint density at radius 2 is 2.00 bits per heavy atom. The number of anilines is 1. The molecule has 0 aromatic heterocycles. The van der Waals surface area contributed by atoms with Crippen molar-refractivity contribution < 1.29 is 9.59 Å². The third kappa shape index (κ3) is 2.22. The first-order valence-corrected chi connectivity index (χ1v) is 5.52. The largest absolute Gasteiger partial charge is 0.398 e. The van der Waals surface area contributed by atoms with E-state index in [9.17, 15) is 9.59 Å². The average Bonchev–Trinajstić information content (AvgIpc) is 2.78. The number of para-hydroxylation sites is 1. The molecule has 0 saturated carbocycles. The molecule has 4 N–H and O–H groups in total. The Hall–Kier alpha value is -2.04. The van der Waals surface area contributed by atoms with E-state index >= 15 is 0 Å². The van der Waals surface area contributed by atoms with Crippen LogP contribution in [0, 0.1) is 5.92 Å². The van der Waals surface area contributed by atoms with Crippen LogP contribution in [0.25, 0.3) is 0 Å². The maximum absolute atomic E-state index is 12.1. The highest BCUT2D eigenvalue weighted by molar-refractivity contribution is 5.99. The highest BCUT2D eigenvalue weighted by Gasteiger charge is 2.30. The molecule has 0 radical (unpaired) electrons. The molecule has 5 nitrogen and oxygen atoms in total. The zero-order valence-corrected chi connectivity index (χ0v) is 9.43. The number of carbonyl (C=O) groups is 2. The Morgan fingerprint density at radius 1 is 1.29 bits per heavy atom. The molecule has 1 fully saturated rings. The van der Waals surface area contributed by atoms with E-state index in [2.05, 4.69) is 0 Å². The minimum atomic E-state index is -0.346. The van der Waals surface area contributed by atoms with Crippen LogP contribution in [0.5, 0.6) is 0 Å². The maximum atomic E-state index is 12.1. The van der Waals surface area contributed by atoms with Gasteiger partial charge in [0.1, 0.15) is 0 Å². The Bertz CT molecular complexity index is 459. The van der Waals surface area contributed by atoms with Crippen molar-refractivity contribution in [3.63, 3.8) is 0 Å². The van der Waals surface area contributed by atoms with E-state index in [1.807, 2.05) is 0 Å². The van der Waals surface area contributed by atoms with E-state index in [0.29, 0.717) is 30.8 Å². The lowest BCUT2D eigenvalue weighted by Gasteiger charge is -2.16. The first-order valence-electron chi connectivity index (χ1n) is 5.52. The van der Waals surface area contributed by atoms with Crippen molar-refractivity contribution >= 4 is 17.5 Å². The van der Waals surface area contributed by atoms with E-state index < -0.39 is 0 Å². The summed E-state index contributed by atoms with van der Waals surface area (Å²) in [6.07, 6.45) is 0.633. The fourth-order valence-electron chi connectivity index (χ4n) is 2.04. The molecule has 0 bridgehead atoms. The zero-order chi connectivity index (χ0) is 12.4. The second kappa shape index (κ2) is 4.45. The fraction of sp³-hybridized carbons (Fsp3) is 0.333. The van der Waals surface area contributed by atoms with Gasteiger partial charge >= 0.3 is 0 Å². The Morgan fingerprint density at radius 3 is 2.59 bits per heavy atom. The number of amides is 2. The smallest absolute Gasteiger partial charge is 0.255 e. The summed E-state index contributed by atoms with van der Waals surface area (Å²) in [5, 5.41) is 0. The number of hydrogen-bond donors (Lipinski definition) is 2. The number of nitrogens with two attached hydrogens (primary N) is 2. The normalized spacial score (nSPS) is 19.3. The van der Waals surface area contributed by atoms with Gasteiger partial charge in [-0.1, -0.05) is 12.1 Å². The molecule has 5 heteroatoms. The third-order valence-corrected chi connectivity index (χ3v) is 3.07. The van der Waals surface area contributed by atoms with E-state index in [-0.39, 0.29) is 17.7 Å². The number of primary amides is 1. The molecule has 1 saturated heterocycles. The van der Waals surface area contributed by atoms with E-state index in [0.717, 1.165) is 0 Å². The van der Waals surface area contributed by atoms with Crippen molar-refractivity contribution in [2.75, 3.05) is 18.8 Å². The van der Waals surface area contributed by atoms with Crippen LogP contribution in [0.1, 0.15) is 16.8 Å². The van der Waals surface area contributed by atoms with Gasteiger partial charge in [-0.2, -0.15) is 0 Å². The molecule has 2 rings (SSSR count). The van der Waals surface area contributed by atoms with E-state index in [1.54, 1.807) is 29.2 Å². The van der Waals surface area contributed by atoms with Crippen molar-refractivity contribution in [2.45, 2.75) is 6.42 Å². The highest BCUT2D eigenvalue weighted by atomic mass is 16.2. The molecule has 0 spiro atoms. The minimum Gasteiger partial charge on any atom is -0.398 e. The summed E-state index contributed by atoms with van der Waals surface area (Å²) >= 11 is 0. The number of nitrogen functional groups attached to an aromatic ring is 1. The second-order valence-corrected chi connectivity index (χ2v) is 4.23. The van der Waals surface area contributed by atoms with Gasteiger partial charge in [0.05, 0.1) is 11.5 Å². The van der Waals surface area contributed by atoms with Crippen LogP contribution >= 0.6 is 0 Å². The lowest BCUT2D eigenvalue weighted by molar-refractivity contribution is -0.121. The number of carbonyl (C=O) groups excluding carboxylic acids is 2. The van der Waals surface area contributed by atoms with Crippen molar-refractivity contribution in [1.82, 2.24) is 4.90 Å². The van der Waals surface area contributed by atoms with Gasteiger partial charge in [-0.25, -0.2) is 0 Å². The monoisotopic (exact) mass is 233 g/mol. The van der Waals surface area contributed by atoms with Crippen molar-refractivity contribution in [3.8, 4) is 0 Å². The molecule has 2 amide bonds. The topological polar surface area (TPSA) is 89.4 Å². The number of hydrogen-bond acceptors (Lipinski definition) is 3. The first kappa shape index (κ1) is 11.4. The molecule has 1 aromatic rings. The van der Waals surface area contributed by atoms with E-state index in [4.69, 9.17) is 11.5 Å². The van der Waals surface area contributed by atoms with E-state index in [1.165, 1.54) is 0 Å². The minimum absolute atomic E-state index is 0.133. The van der Waals surface area contributed by atoms with Crippen molar-refractivity contribution in [1.29, 1.82) is 0 Å². The average molecular weight is 233 g/mol. The Labute approximate surface area is 99.4 Å². The van der Waals surface area contributed by atoms with Gasteiger partial charge in [0.2, 0.25) is 5.91 Å². The molecule has 17 heavy (non-hydrogen) atoms. The first-order chi connectivity index (χ1) is 8.09. The second-order valence-electron chi connectivity index (χ2n) is 4.23. The summed E-state index contributed by atoms with van der Waals surface area (Å²) < 4.78 is 0. The zero-order valence-electron chi connectivity index (χ0n) is 9.43. The van der Waals surface area contributed by atoms with Crippen LogP contribution in [0.4, 0.5) is 5.69 Å². The predicted molar refractivity (Wildman–Crippen MR) is 64.1 cm³/mol. The molecular formula is C12H15N3O2. The van der Waals surface area contributed by atoms with Crippen molar-refractivity contribution in [2.24, 2.45) is 11.7 Å². The SMILES string of the molecule is NC(=O)C1CCN(C(=O)c2ccccc2N)C1. The van der Waals surface area contributed by atoms with Crippen LogP contribution in [0.15, 0.2) is 24.3 Å². The fourth-order valence-corrected chi connectivity index (χ4v) is 2.04. The lowest BCUT2D eigenvalue weighted by Crippen LogP contribution is -2.32. The van der Waals surface area contributed by atoms with Crippen LogP contribution < -0.4 is 11.5 Å². The van der Waals surface area contributed by atoms with Crippen LogP contribution in [0.3, 0.4) is 0 Å².